The summed E-state index contributed by atoms with van der Waals surface area (Å²) >= 11 is 0. The van der Waals surface area contributed by atoms with Crippen molar-refractivity contribution >= 4 is 16.0 Å². The van der Waals surface area contributed by atoms with E-state index in [1.165, 1.54) is 13.8 Å². The molecule has 1 atom stereocenters. The van der Waals surface area contributed by atoms with Crippen LogP contribution < -0.4 is 4.72 Å². The minimum Gasteiger partial charge on any atom is -0.478 e. The van der Waals surface area contributed by atoms with Gasteiger partial charge in [0.2, 0.25) is 10.0 Å². The minimum atomic E-state index is -3.99. The average Bonchev–Trinajstić information content (AvgIpc) is 2.81. The fraction of sp³-hybridized carbons (Fsp3) is 0.583. The first-order valence-electron chi connectivity index (χ1n) is 6.11. The second-order valence-electron chi connectivity index (χ2n) is 5.19. The minimum absolute atomic E-state index is 0.0647. The maximum Gasteiger partial charge on any atom is 0.340 e. The van der Waals surface area contributed by atoms with Crippen molar-refractivity contribution in [2.24, 2.45) is 0 Å². The Morgan fingerprint density at radius 1 is 1.35 bits per heavy atom. The molecule has 0 aliphatic carbocycles. The van der Waals surface area contributed by atoms with Crippen molar-refractivity contribution in [1.82, 2.24) is 4.72 Å². The largest absolute Gasteiger partial charge is 0.478 e. The molecule has 2 N–H and O–H groups in total. The third-order valence-corrected chi connectivity index (χ3v) is 5.08. The van der Waals surface area contributed by atoms with Gasteiger partial charge in [-0.05, 0) is 27.2 Å². The molecule has 2 heterocycles. The highest BCUT2D eigenvalue weighted by Gasteiger charge is 2.38. The van der Waals surface area contributed by atoms with Gasteiger partial charge in [0.1, 0.15) is 22.0 Å². The molecular weight excluding hydrogens is 286 g/mol. The highest BCUT2D eigenvalue weighted by atomic mass is 32.2. The lowest BCUT2D eigenvalue weighted by Gasteiger charge is -2.23. The van der Waals surface area contributed by atoms with Crippen LogP contribution >= 0.6 is 0 Å². The number of nitrogens with one attached hydrogen (secondary N) is 1. The molecule has 1 saturated heterocycles. The smallest absolute Gasteiger partial charge is 0.340 e. The van der Waals surface area contributed by atoms with Crippen LogP contribution in [0.2, 0.25) is 0 Å². The van der Waals surface area contributed by atoms with Gasteiger partial charge in [-0.1, -0.05) is 0 Å². The van der Waals surface area contributed by atoms with Crippen molar-refractivity contribution in [3.63, 3.8) is 0 Å². The van der Waals surface area contributed by atoms with Gasteiger partial charge in [0.25, 0.3) is 0 Å². The van der Waals surface area contributed by atoms with E-state index in [4.69, 9.17) is 9.15 Å². The molecule has 8 heteroatoms. The second-order valence-corrected chi connectivity index (χ2v) is 6.81. The van der Waals surface area contributed by atoms with Gasteiger partial charge in [0, 0.05) is 6.61 Å². The summed E-state index contributed by atoms with van der Waals surface area (Å²) in [6.45, 7) is 5.30. The summed E-state index contributed by atoms with van der Waals surface area (Å²) in [6.07, 6.45) is 0.532. The van der Waals surface area contributed by atoms with Crippen molar-refractivity contribution in [2.75, 3.05) is 13.2 Å². The Morgan fingerprint density at radius 3 is 2.50 bits per heavy atom. The number of ether oxygens (including phenoxy) is 1. The lowest BCUT2D eigenvalue weighted by atomic mass is 10.0. The first-order chi connectivity index (χ1) is 9.16. The summed E-state index contributed by atoms with van der Waals surface area (Å²) < 4.78 is 37.8. The van der Waals surface area contributed by atoms with Gasteiger partial charge in [0.15, 0.2) is 0 Å². The molecule has 1 aromatic heterocycles. The van der Waals surface area contributed by atoms with E-state index in [1.807, 2.05) is 0 Å². The third-order valence-electron chi connectivity index (χ3n) is 3.29. The molecule has 2 rings (SSSR count). The van der Waals surface area contributed by atoms with E-state index in [0.717, 1.165) is 0 Å². The van der Waals surface area contributed by atoms with Gasteiger partial charge in [-0.15, -0.1) is 0 Å². The number of carbonyl (C=O) groups is 1. The Kier molecular flexibility index (Phi) is 3.66. The number of sulfonamides is 1. The summed E-state index contributed by atoms with van der Waals surface area (Å²) in [7, 11) is -3.99. The molecule has 0 spiro atoms. The molecule has 0 radical (unpaired) electrons. The molecule has 1 aliphatic rings. The van der Waals surface area contributed by atoms with Crippen LogP contribution in [0.1, 0.15) is 35.2 Å². The molecule has 1 aliphatic heterocycles. The lowest BCUT2D eigenvalue weighted by molar-refractivity contribution is 0.0691. The normalized spacial score (nSPS) is 23.1. The van der Waals surface area contributed by atoms with E-state index in [2.05, 4.69) is 4.72 Å². The van der Waals surface area contributed by atoms with Crippen LogP contribution in [-0.4, -0.2) is 38.2 Å². The van der Waals surface area contributed by atoms with E-state index in [-0.39, 0.29) is 28.6 Å². The number of hydrogen-bond donors (Lipinski definition) is 2. The molecule has 1 fully saturated rings. The Bertz CT molecular complexity index is 639. The summed E-state index contributed by atoms with van der Waals surface area (Å²) in [5.41, 5.74) is -1.05. The standard InChI is InChI=1S/C12H17NO6S/c1-7-9(11(14)15)10(8(2)19-7)20(16,17)13-12(3)4-5-18-6-12/h13H,4-6H2,1-3H3,(H,14,15). The monoisotopic (exact) mass is 303 g/mol. The number of carboxylic acid groups (broad SMARTS) is 1. The number of aromatic carboxylic acids is 1. The highest BCUT2D eigenvalue weighted by molar-refractivity contribution is 7.89. The van der Waals surface area contributed by atoms with E-state index in [9.17, 15) is 18.3 Å². The van der Waals surface area contributed by atoms with E-state index >= 15 is 0 Å². The molecule has 20 heavy (non-hydrogen) atoms. The topological polar surface area (TPSA) is 106 Å². The van der Waals surface area contributed by atoms with Crippen molar-refractivity contribution in [1.29, 1.82) is 0 Å². The zero-order valence-electron chi connectivity index (χ0n) is 11.5. The van der Waals surface area contributed by atoms with Crippen LogP contribution in [0.4, 0.5) is 0 Å². The summed E-state index contributed by atoms with van der Waals surface area (Å²) in [5, 5.41) is 9.17. The number of furan rings is 1. The number of hydrogen-bond acceptors (Lipinski definition) is 5. The molecule has 7 nitrogen and oxygen atoms in total. The first kappa shape index (κ1) is 15.0. The number of rotatable bonds is 4. The number of aryl methyl sites for hydroxylation is 2. The molecular formula is C12H17NO6S. The van der Waals surface area contributed by atoms with E-state index < -0.39 is 21.5 Å². The molecule has 1 aromatic rings. The molecule has 0 saturated carbocycles. The molecule has 0 aromatic carbocycles. The van der Waals surface area contributed by atoms with Crippen LogP contribution in [0, 0.1) is 13.8 Å². The average molecular weight is 303 g/mol. The summed E-state index contributed by atoms with van der Waals surface area (Å²) in [5.74, 6) is -1.19. The predicted octanol–water partition coefficient (Wildman–Crippen LogP) is 1.05. The molecule has 0 bridgehead atoms. The molecule has 1 unspecified atom stereocenters. The highest BCUT2D eigenvalue weighted by Crippen LogP contribution is 2.29. The van der Waals surface area contributed by atoms with Crippen LogP contribution in [-0.2, 0) is 14.8 Å². The van der Waals surface area contributed by atoms with Crippen molar-refractivity contribution < 1.29 is 27.5 Å². The Labute approximate surface area is 117 Å². The summed E-state index contributed by atoms with van der Waals surface area (Å²) in [6, 6.07) is 0. The fourth-order valence-electron chi connectivity index (χ4n) is 2.36. The Morgan fingerprint density at radius 2 is 2.00 bits per heavy atom. The zero-order chi connectivity index (χ0) is 15.1. The lowest BCUT2D eigenvalue weighted by Crippen LogP contribution is -2.46. The molecule has 0 amide bonds. The van der Waals surface area contributed by atoms with E-state index in [0.29, 0.717) is 13.0 Å². The van der Waals surface area contributed by atoms with Gasteiger partial charge in [0.05, 0.1) is 12.1 Å². The van der Waals surface area contributed by atoms with Gasteiger partial charge < -0.3 is 14.3 Å². The van der Waals surface area contributed by atoms with Crippen LogP contribution in [0.25, 0.3) is 0 Å². The predicted molar refractivity (Wildman–Crippen MR) is 69.3 cm³/mol. The quantitative estimate of drug-likeness (QED) is 0.861. The van der Waals surface area contributed by atoms with E-state index in [1.54, 1.807) is 6.92 Å². The van der Waals surface area contributed by atoms with Gasteiger partial charge in [-0.2, -0.15) is 0 Å². The van der Waals surface area contributed by atoms with Crippen molar-refractivity contribution in [3.8, 4) is 0 Å². The second kappa shape index (κ2) is 4.87. The maximum atomic E-state index is 12.5. The zero-order valence-corrected chi connectivity index (χ0v) is 12.3. The van der Waals surface area contributed by atoms with Crippen LogP contribution in [0.5, 0.6) is 0 Å². The van der Waals surface area contributed by atoms with Gasteiger partial charge in [-0.25, -0.2) is 17.9 Å². The van der Waals surface area contributed by atoms with Crippen LogP contribution in [0.3, 0.4) is 0 Å². The van der Waals surface area contributed by atoms with Crippen LogP contribution in [0.15, 0.2) is 9.31 Å². The molecule has 112 valence electrons. The van der Waals surface area contributed by atoms with Gasteiger partial charge >= 0.3 is 5.97 Å². The van der Waals surface area contributed by atoms with Crippen molar-refractivity contribution in [3.05, 3.63) is 17.1 Å². The van der Waals surface area contributed by atoms with Crippen molar-refractivity contribution in [2.45, 2.75) is 37.6 Å². The Balaban J connectivity index is 2.47. The Hall–Kier alpha value is -1.38. The van der Waals surface area contributed by atoms with Gasteiger partial charge in [-0.3, -0.25) is 0 Å². The first-order valence-corrected chi connectivity index (χ1v) is 7.60. The third kappa shape index (κ3) is 2.58. The maximum absolute atomic E-state index is 12.5. The fourth-order valence-corrected chi connectivity index (χ4v) is 4.19. The SMILES string of the molecule is Cc1oc(C)c(S(=O)(=O)NC2(C)CCOC2)c1C(=O)O. The number of carboxylic acids is 1. The summed E-state index contributed by atoms with van der Waals surface area (Å²) in [4.78, 5) is 10.9.